The van der Waals surface area contributed by atoms with E-state index in [2.05, 4.69) is 20.8 Å². The molecular weight excluding hydrogens is 184 g/mol. The molecule has 2 atom stereocenters. The average Bonchev–Trinajstić information content (AvgIpc) is 2.30. The second-order valence-electron chi connectivity index (χ2n) is 4.47. The van der Waals surface area contributed by atoms with Crippen molar-refractivity contribution in [2.45, 2.75) is 45.6 Å². The Morgan fingerprint density at radius 3 is 2.27 bits per heavy atom. The third kappa shape index (κ3) is 3.07. The molecule has 0 aliphatic heterocycles. The van der Waals surface area contributed by atoms with Crippen LogP contribution < -0.4 is 0 Å². The van der Waals surface area contributed by atoms with Crippen molar-refractivity contribution >= 4 is 0 Å². The van der Waals surface area contributed by atoms with E-state index in [-0.39, 0.29) is 0 Å². The Hall–Kier alpha value is -0.820. The lowest BCUT2D eigenvalue weighted by molar-refractivity contribution is 0.00868. The van der Waals surface area contributed by atoms with E-state index in [0.717, 1.165) is 24.8 Å². The van der Waals surface area contributed by atoms with Crippen LogP contribution >= 0.6 is 0 Å². The van der Waals surface area contributed by atoms with Crippen molar-refractivity contribution in [2.24, 2.45) is 5.92 Å². The van der Waals surface area contributed by atoms with Crippen molar-refractivity contribution < 1.29 is 5.11 Å². The first kappa shape index (κ1) is 12.3. The van der Waals surface area contributed by atoms with Crippen molar-refractivity contribution in [3.8, 4) is 0 Å². The maximum absolute atomic E-state index is 10.6. The fourth-order valence-corrected chi connectivity index (χ4v) is 1.94. The molecule has 0 spiro atoms. The van der Waals surface area contributed by atoms with Gasteiger partial charge in [0.05, 0.1) is 5.60 Å². The molecule has 0 fully saturated rings. The molecule has 0 amide bonds. The van der Waals surface area contributed by atoms with Crippen LogP contribution in [0.2, 0.25) is 0 Å². The first-order chi connectivity index (χ1) is 7.12. The SMILES string of the molecule is CCC(C)CC(O)(CC)c1ccccc1. The summed E-state index contributed by atoms with van der Waals surface area (Å²) in [5.41, 5.74) is 0.407. The van der Waals surface area contributed by atoms with Crippen LogP contribution in [0.5, 0.6) is 0 Å². The topological polar surface area (TPSA) is 20.2 Å². The fraction of sp³-hybridized carbons (Fsp3) is 0.571. The van der Waals surface area contributed by atoms with Gasteiger partial charge in [-0.1, -0.05) is 57.5 Å². The summed E-state index contributed by atoms with van der Waals surface area (Å²) in [6, 6.07) is 10.0. The summed E-state index contributed by atoms with van der Waals surface area (Å²) < 4.78 is 0. The monoisotopic (exact) mass is 206 g/mol. The maximum Gasteiger partial charge on any atom is 0.0896 e. The number of benzene rings is 1. The van der Waals surface area contributed by atoms with Crippen molar-refractivity contribution in [3.05, 3.63) is 35.9 Å². The Morgan fingerprint density at radius 2 is 1.80 bits per heavy atom. The number of rotatable bonds is 5. The molecule has 0 aromatic heterocycles. The van der Waals surface area contributed by atoms with E-state index in [1.165, 1.54) is 0 Å². The van der Waals surface area contributed by atoms with Crippen LogP contribution in [0.25, 0.3) is 0 Å². The Labute approximate surface area is 93.1 Å². The highest BCUT2D eigenvalue weighted by Crippen LogP contribution is 2.32. The predicted octanol–water partition coefficient (Wildman–Crippen LogP) is 3.72. The minimum absolute atomic E-state index is 0.565. The minimum atomic E-state index is -0.642. The molecule has 0 aliphatic rings. The molecule has 1 aromatic carbocycles. The van der Waals surface area contributed by atoms with Crippen LogP contribution in [0.15, 0.2) is 30.3 Å². The van der Waals surface area contributed by atoms with Crippen LogP contribution in [-0.4, -0.2) is 5.11 Å². The van der Waals surface area contributed by atoms with Gasteiger partial charge in [0.25, 0.3) is 0 Å². The summed E-state index contributed by atoms with van der Waals surface area (Å²) in [6.07, 6.45) is 2.75. The standard InChI is InChI=1S/C14H22O/c1-4-12(3)11-14(15,5-2)13-9-7-6-8-10-13/h6-10,12,15H,4-5,11H2,1-3H3. The van der Waals surface area contributed by atoms with Gasteiger partial charge in [-0.15, -0.1) is 0 Å². The van der Waals surface area contributed by atoms with Crippen LogP contribution in [-0.2, 0) is 5.60 Å². The zero-order valence-corrected chi connectivity index (χ0v) is 10.0. The van der Waals surface area contributed by atoms with Crippen molar-refractivity contribution in [2.75, 3.05) is 0 Å². The van der Waals surface area contributed by atoms with E-state index in [1.54, 1.807) is 0 Å². The van der Waals surface area contributed by atoms with Gasteiger partial charge in [0.15, 0.2) is 0 Å². The highest BCUT2D eigenvalue weighted by atomic mass is 16.3. The highest BCUT2D eigenvalue weighted by molar-refractivity contribution is 5.22. The number of hydrogen-bond donors (Lipinski definition) is 1. The Bertz CT molecular complexity index is 281. The van der Waals surface area contributed by atoms with Crippen LogP contribution in [0.1, 0.15) is 45.6 Å². The summed E-state index contributed by atoms with van der Waals surface area (Å²) in [6.45, 7) is 6.42. The first-order valence-corrected chi connectivity index (χ1v) is 5.90. The molecule has 1 aromatic rings. The molecule has 1 rings (SSSR count). The molecule has 0 bridgehead atoms. The summed E-state index contributed by atoms with van der Waals surface area (Å²) in [4.78, 5) is 0. The Balaban J connectivity index is 2.85. The summed E-state index contributed by atoms with van der Waals surface area (Å²) >= 11 is 0. The molecule has 0 heterocycles. The van der Waals surface area contributed by atoms with Crippen LogP contribution in [0, 0.1) is 5.92 Å². The predicted molar refractivity (Wildman–Crippen MR) is 64.7 cm³/mol. The van der Waals surface area contributed by atoms with E-state index in [0.29, 0.717) is 5.92 Å². The van der Waals surface area contributed by atoms with Crippen LogP contribution in [0.3, 0.4) is 0 Å². The first-order valence-electron chi connectivity index (χ1n) is 5.90. The highest BCUT2D eigenvalue weighted by Gasteiger charge is 2.28. The molecule has 1 heteroatoms. The van der Waals surface area contributed by atoms with Crippen LogP contribution in [0.4, 0.5) is 0 Å². The van der Waals surface area contributed by atoms with Gasteiger partial charge in [-0.2, -0.15) is 0 Å². The lowest BCUT2D eigenvalue weighted by Gasteiger charge is -2.30. The van der Waals surface area contributed by atoms with Gasteiger partial charge in [0.2, 0.25) is 0 Å². The zero-order valence-electron chi connectivity index (χ0n) is 10.0. The third-order valence-corrected chi connectivity index (χ3v) is 3.28. The molecule has 2 unspecified atom stereocenters. The number of aliphatic hydroxyl groups is 1. The van der Waals surface area contributed by atoms with Gasteiger partial charge in [0.1, 0.15) is 0 Å². The number of hydrogen-bond acceptors (Lipinski definition) is 1. The largest absolute Gasteiger partial charge is 0.385 e. The van der Waals surface area contributed by atoms with Crippen molar-refractivity contribution in [1.82, 2.24) is 0 Å². The second-order valence-corrected chi connectivity index (χ2v) is 4.47. The molecule has 0 saturated heterocycles. The Kier molecular flexibility index (Phi) is 4.34. The smallest absolute Gasteiger partial charge is 0.0896 e. The minimum Gasteiger partial charge on any atom is -0.385 e. The molecule has 1 N–H and O–H groups in total. The van der Waals surface area contributed by atoms with E-state index in [4.69, 9.17) is 0 Å². The fourth-order valence-electron chi connectivity index (χ4n) is 1.94. The molecule has 0 radical (unpaired) electrons. The van der Waals surface area contributed by atoms with E-state index in [1.807, 2.05) is 30.3 Å². The maximum atomic E-state index is 10.6. The molecular formula is C14H22O. The normalized spacial score (nSPS) is 17.1. The lowest BCUT2D eigenvalue weighted by Crippen LogP contribution is -2.27. The molecule has 0 saturated carbocycles. The molecule has 84 valence electrons. The summed E-state index contributed by atoms with van der Waals surface area (Å²) in [7, 11) is 0. The molecule has 0 aliphatic carbocycles. The van der Waals surface area contributed by atoms with Gasteiger partial charge in [-0.25, -0.2) is 0 Å². The van der Waals surface area contributed by atoms with E-state index in [9.17, 15) is 5.11 Å². The Morgan fingerprint density at radius 1 is 1.20 bits per heavy atom. The van der Waals surface area contributed by atoms with Gasteiger partial charge in [-0.05, 0) is 24.3 Å². The van der Waals surface area contributed by atoms with Gasteiger partial charge in [0, 0.05) is 0 Å². The summed E-state index contributed by atoms with van der Waals surface area (Å²) in [5.74, 6) is 0.565. The molecule has 1 nitrogen and oxygen atoms in total. The van der Waals surface area contributed by atoms with Crippen molar-refractivity contribution in [3.63, 3.8) is 0 Å². The lowest BCUT2D eigenvalue weighted by atomic mass is 9.82. The van der Waals surface area contributed by atoms with Crippen molar-refractivity contribution in [1.29, 1.82) is 0 Å². The van der Waals surface area contributed by atoms with Gasteiger partial charge in [-0.3, -0.25) is 0 Å². The second kappa shape index (κ2) is 5.32. The van der Waals surface area contributed by atoms with E-state index < -0.39 is 5.60 Å². The van der Waals surface area contributed by atoms with Gasteiger partial charge < -0.3 is 5.11 Å². The quantitative estimate of drug-likeness (QED) is 0.778. The zero-order chi connectivity index (χ0) is 11.3. The van der Waals surface area contributed by atoms with Gasteiger partial charge >= 0.3 is 0 Å². The summed E-state index contributed by atoms with van der Waals surface area (Å²) in [5, 5.41) is 10.6. The average molecular weight is 206 g/mol. The third-order valence-electron chi connectivity index (χ3n) is 3.28. The molecule has 15 heavy (non-hydrogen) atoms. The van der Waals surface area contributed by atoms with E-state index >= 15 is 0 Å².